The topological polar surface area (TPSA) is 69.7 Å². The Kier molecular flexibility index (Phi) is 9.84. The number of hydrogen-bond donors (Lipinski definition) is 1. The van der Waals surface area contributed by atoms with Gasteiger partial charge in [-0.1, -0.05) is 38.8 Å². The molecule has 7 heteroatoms. The highest BCUT2D eigenvalue weighted by atomic mass is 32.2. The highest BCUT2D eigenvalue weighted by molar-refractivity contribution is 7.89. The second-order valence-corrected chi connectivity index (χ2v) is 9.33. The highest BCUT2D eigenvalue weighted by Gasteiger charge is 2.24. The summed E-state index contributed by atoms with van der Waals surface area (Å²) in [6, 6.07) is 6.74. The van der Waals surface area contributed by atoms with E-state index in [4.69, 9.17) is 0 Å². The summed E-state index contributed by atoms with van der Waals surface area (Å²) in [5, 5.41) is 2.89. The molecule has 1 N–H and O–H groups in total. The van der Waals surface area contributed by atoms with E-state index in [1.54, 1.807) is 34.6 Å². The van der Waals surface area contributed by atoms with Crippen molar-refractivity contribution in [2.75, 3.05) is 39.3 Å². The van der Waals surface area contributed by atoms with Crippen molar-refractivity contribution in [2.24, 2.45) is 0 Å². The van der Waals surface area contributed by atoms with Crippen LogP contribution in [0.25, 0.3) is 6.08 Å². The molecular formula is C22H35N3O3S. The van der Waals surface area contributed by atoms with Gasteiger partial charge in [-0.25, -0.2) is 8.42 Å². The van der Waals surface area contributed by atoms with Crippen molar-refractivity contribution in [3.8, 4) is 0 Å². The fraction of sp³-hybridized carbons (Fsp3) is 0.591. The molecular weight excluding hydrogens is 386 g/mol. The van der Waals surface area contributed by atoms with Crippen LogP contribution in [0, 0.1) is 0 Å². The van der Waals surface area contributed by atoms with Crippen LogP contribution in [0.1, 0.15) is 51.5 Å². The normalized spacial score (nSPS) is 16.2. The molecule has 1 aromatic rings. The van der Waals surface area contributed by atoms with Crippen LogP contribution < -0.4 is 5.32 Å². The van der Waals surface area contributed by atoms with Gasteiger partial charge < -0.3 is 10.2 Å². The number of nitrogens with zero attached hydrogens (tertiary/aromatic N) is 2. The molecule has 0 spiro atoms. The molecule has 1 fully saturated rings. The molecule has 2 rings (SSSR count). The number of carbonyl (C=O) groups is 1. The molecule has 0 atom stereocenters. The largest absolute Gasteiger partial charge is 0.353 e. The highest BCUT2D eigenvalue weighted by Crippen LogP contribution is 2.20. The minimum Gasteiger partial charge on any atom is -0.353 e. The molecule has 1 heterocycles. The maximum absolute atomic E-state index is 12.8. The summed E-state index contributed by atoms with van der Waals surface area (Å²) in [4.78, 5) is 14.6. The summed E-state index contributed by atoms with van der Waals surface area (Å²) in [5.41, 5.74) is 0.804. The van der Waals surface area contributed by atoms with Gasteiger partial charge in [0.15, 0.2) is 0 Å². The van der Waals surface area contributed by atoms with Gasteiger partial charge in [-0.05, 0) is 62.7 Å². The van der Waals surface area contributed by atoms with Gasteiger partial charge in [0.25, 0.3) is 0 Å². The summed E-state index contributed by atoms with van der Waals surface area (Å²) in [7, 11) is -3.43. The Labute approximate surface area is 176 Å². The lowest BCUT2D eigenvalue weighted by atomic mass is 10.2. The standard InChI is InChI=1S/C22H35N3O3S/c1-3-24(4-2)17-9-16-23-22(26)15-12-20-10-13-21(14-11-20)29(27,28)25-18-7-5-6-8-19-25/h10-15H,3-9,16-19H2,1-2H3,(H,23,26). The molecule has 1 aliphatic heterocycles. The van der Waals surface area contributed by atoms with E-state index >= 15 is 0 Å². The number of benzene rings is 1. The maximum Gasteiger partial charge on any atom is 0.243 e. The Morgan fingerprint density at radius 2 is 1.69 bits per heavy atom. The Morgan fingerprint density at radius 3 is 2.28 bits per heavy atom. The number of carbonyl (C=O) groups excluding carboxylic acids is 1. The summed E-state index contributed by atoms with van der Waals surface area (Å²) < 4.78 is 27.2. The van der Waals surface area contributed by atoms with E-state index in [1.807, 2.05) is 0 Å². The zero-order valence-corrected chi connectivity index (χ0v) is 18.6. The predicted molar refractivity (Wildman–Crippen MR) is 118 cm³/mol. The number of hydrogen-bond acceptors (Lipinski definition) is 4. The van der Waals surface area contributed by atoms with Crippen LogP contribution in [0.15, 0.2) is 35.2 Å². The van der Waals surface area contributed by atoms with Crippen molar-refractivity contribution in [2.45, 2.75) is 50.8 Å². The average Bonchev–Trinajstić information content (AvgIpc) is 3.03. The molecule has 1 amide bonds. The predicted octanol–water partition coefficient (Wildman–Crippen LogP) is 3.11. The van der Waals surface area contributed by atoms with Crippen molar-refractivity contribution in [1.29, 1.82) is 0 Å². The van der Waals surface area contributed by atoms with Gasteiger partial charge in [-0.2, -0.15) is 4.31 Å². The van der Waals surface area contributed by atoms with Crippen LogP contribution in [-0.2, 0) is 14.8 Å². The summed E-state index contributed by atoms with van der Waals surface area (Å²) in [6.45, 7) is 9.12. The van der Waals surface area contributed by atoms with Crippen LogP contribution >= 0.6 is 0 Å². The van der Waals surface area contributed by atoms with Crippen molar-refractivity contribution in [1.82, 2.24) is 14.5 Å². The first kappa shape index (κ1) is 23.6. The van der Waals surface area contributed by atoms with Crippen LogP contribution in [0.2, 0.25) is 0 Å². The van der Waals surface area contributed by atoms with Crippen molar-refractivity contribution < 1.29 is 13.2 Å². The van der Waals surface area contributed by atoms with E-state index < -0.39 is 10.0 Å². The minimum atomic E-state index is -3.43. The summed E-state index contributed by atoms with van der Waals surface area (Å²) >= 11 is 0. The summed E-state index contributed by atoms with van der Waals surface area (Å²) in [6.07, 6.45) is 8.15. The van der Waals surface area contributed by atoms with E-state index in [0.29, 0.717) is 24.5 Å². The van der Waals surface area contributed by atoms with E-state index in [9.17, 15) is 13.2 Å². The van der Waals surface area contributed by atoms with E-state index in [2.05, 4.69) is 24.1 Å². The van der Waals surface area contributed by atoms with Gasteiger partial charge in [-0.15, -0.1) is 0 Å². The molecule has 1 aromatic carbocycles. The molecule has 0 radical (unpaired) electrons. The van der Waals surface area contributed by atoms with Gasteiger partial charge in [0.05, 0.1) is 4.90 Å². The maximum atomic E-state index is 12.8. The lowest BCUT2D eigenvalue weighted by Crippen LogP contribution is -2.31. The summed E-state index contributed by atoms with van der Waals surface area (Å²) in [5.74, 6) is -0.134. The zero-order chi connectivity index (χ0) is 21.1. The molecule has 1 aliphatic rings. The Bertz CT molecular complexity index is 748. The SMILES string of the molecule is CCN(CC)CCCNC(=O)C=Cc1ccc(S(=O)(=O)N2CCCCCC2)cc1. The third kappa shape index (κ3) is 7.57. The van der Waals surface area contributed by atoms with Gasteiger partial charge in [0.2, 0.25) is 15.9 Å². The Morgan fingerprint density at radius 1 is 1.07 bits per heavy atom. The Balaban J connectivity index is 1.85. The molecule has 0 aromatic heterocycles. The second-order valence-electron chi connectivity index (χ2n) is 7.39. The van der Waals surface area contributed by atoms with Crippen molar-refractivity contribution in [3.63, 3.8) is 0 Å². The number of amides is 1. The smallest absolute Gasteiger partial charge is 0.243 e. The van der Waals surface area contributed by atoms with Crippen molar-refractivity contribution in [3.05, 3.63) is 35.9 Å². The average molecular weight is 422 g/mol. The third-order valence-electron chi connectivity index (χ3n) is 5.35. The second kappa shape index (κ2) is 12.1. The van der Waals surface area contributed by atoms with Gasteiger partial charge in [0.1, 0.15) is 0 Å². The van der Waals surface area contributed by atoms with Gasteiger partial charge in [0, 0.05) is 25.7 Å². The lowest BCUT2D eigenvalue weighted by Gasteiger charge is -2.19. The molecule has 0 bridgehead atoms. The molecule has 1 saturated heterocycles. The first-order chi connectivity index (χ1) is 14.0. The van der Waals surface area contributed by atoms with E-state index in [1.165, 1.54) is 6.08 Å². The molecule has 0 saturated carbocycles. The number of nitrogens with one attached hydrogen (secondary N) is 1. The third-order valence-corrected chi connectivity index (χ3v) is 7.27. The van der Waals surface area contributed by atoms with Crippen LogP contribution in [-0.4, -0.2) is 62.8 Å². The molecule has 162 valence electrons. The number of sulfonamides is 1. The van der Waals surface area contributed by atoms with Crippen LogP contribution in [0.3, 0.4) is 0 Å². The van der Waals surface area contributed by atoms with Crippen LogP contribution in [0.5, 0.6) is 0 Å². The molecule has 0 aliphatic carbocycles. The lowest BCUT2D eigenvalue weighted by molar-refractivity contribution is -0.116. The first-order valence-corrected chi connectivity index (χ1v) is 12.2. The first-order valence-electron chi connectivity index (χ1n) is 10.8. The van der Waals surface area contributed by atoms with Gasteiger partial charge in [-0.3, -0.25) is 4.79 Å². The van der Waals surface area contributed by atoms with Crippen LogP contribution in [0.4, 0.5) is 0 Å². The van der Waals surface area contributed by atoms with Crippen molar-refractivity contribution >= 4 is 22.0 Å². The fourth-order valence-electron chi connectivity index (χ4n) is 3.47. The van der Waals surface area contributed by atoms with E-state index in [0.717, 1.165) is 57.3 Å². The van der Waals surface area contributed by atoms with Gasteiger partial charge >= 0.3 is 0 Å². The molecule has 29 heavy (non-hydrogen) atoms. The van der Waals surface area contributed by atoms with E-state index in [-0.39, 0.29) is 5.91 Å². The Hall–Kier alpha value is -1.70. The molecule has 0 unspecified atom stereocenters. The quantitative estimate of drug-likeness (QED) is 0.466. The number of rotatable bonds is 10. The molecule has 6 nitrogen and oxygen atoms in total. The zero-order valence-electron chi connectivity index (χ0n) is 17.8. The fourth-order valence-corrected chi connectivity index (χ4v) is 4.98. The monoisotopic (exact) mass is 421 g/mol. The minimum absolute atomic E-state index is 0.134.